The minimum absolute atomic E-state index is 0. The predicted octanol–water partition coefficient (Wildman–Crippen LogP) is 4.75. The van der Waals surface area contributed by atoms with Crippen molar-refractivity contribution in [1.29, 1.82) is 0 Å². The fourth-order valence-electron chi connectivity index (χ4n) is 4.05. The van der Waals surface area contributed by atoms with Gasteiger partial charge in [0.2, 0.25) is 0 Å². The van der Waals surface area contributed by atoms with Gasteiger partial charge < -0.3 is 24.1 Å². The lowest BCUT2D eigenvalue weighted by Gasteiger charge is -2.23. The molecule has 1 aliphatic heterocycles. The fourth-order valence-corrected chi connectivity index (χ4v) is 4.05. The van der Waals surface area contributed by atoms with Crippen LogP contribution in [0.2, 0.25) is 0 Å². The van der Waals surface area contributed by atoms with Crippen LogP contribution < -0.4 is 19.5 Å². The maximum atomic E-state index is 5.96. The van der Waals surface area contributed by atoms with Gasteiger partial charge in [-0.15, -0.1) is 12.4 Å². The van der Waals surface area contributed by atoms with Gasteiger partial charge in [-0.25, -0.2) is 0 Å². The highest BCUT2D eigenvalue weighted by Crippen LogP contribution is 2.34. The summed E-state index contributed by atoms with van der Waals surface area (Å²) in [5.74, 6) is 2.70. The molecular formula is C23H29ClN2O4. The molecule has 1 N–H and O–H groups in total. The van der Waals surface area contributed by atoms with Gasteiger partial charge in [-0.3, -0.25) is 0 Å². The molecule has 1 aliphatic rings. The smallest absolute Gasteiger partial charge is 0.167 e. The van der Waals surface area contributed by atoms with Crippen molar-refractivity contribution in [3.8, 4) is 17.2 Å². The number of aryl methyl sites for hydroxylation is 1. The molecule has 6 nitrogen and oxygen atoms in total. The zero-order chi connectivity index (χ0) is 20.1. The summed E-state index contributed by atoms with van der Waals surface area (Å²) < 4.78 is 22.2. The number of benzene rings is 2. The first kappa shape index (κ1) is 22.2. The number of methoxy groups -OCH3 is 2. The molecule has 2 aromatic carbocycles. The molecule has 3 aromatic rings. The van der Waals surface area contributed by atoms with Gasteiger partial charge in [0.15, 0.2) is 17.1 Å². The summed E-state index contributed by atoms with van der Waals surface area (Å²) >= 11 is 0. The Balaban J connectivity index is 0.00000256. The van der Waals surface area contributed by atoms with Crippen molar-refractivity contribution in [2.45, 2.75) is 31.6 Å². The van der Waals surface area contributed by atoms with E-state index in [9.17, 15) is 0 Å². The Morgan fingerprint density at radius 1 is 1.07 bits per heavy atom. The lowest BCUT2D eigenvalue weighted by molar-refractivity contribution is 0.286. The number of hydrogen-bond acceptors (Lipinski definition) is 6. The minimum Gasteiger partial charge on any atom is -0.497 e. The van der Waals surface area contributed by atoms with Crippen LogP contribution in [0.25, 0.3) is 11.0 Å². The van der Waals surface area contributed by atoms with Gasteiger partial charge in [0.1, 0.15) is 5.75 Å². The zero-order valence-corrected chi connectivity index (χ0v) is 18.3. The van der Waals surface area contributed by atoms with Crippen LogP contribution in [-0.4, -0.2) is 39.1 Å². The van der Waals surface area contributed by atoms with Crippen molar-refractivity contribution in [2.75, 3.05) is 33.9 Å². The number of fused-ring (bicyclic) bond motifs is 1. The Labute approximate surface area is 183 Å². The highest BCUT2D eigenvalue weighted by atomic mass is 35.5. The second-order valence-corrected chi connectivity index (χ2v) is 7.34. The molecule has 0 bridgehead atoms. The molecule has 0 aliphatic carbocycles. The van der Waals surface area contributed by atoms with E-state index in [2.05, 4.69) is 22.6 Å². The van der Waals surface area contributed by atoms with E-state index in [1.165, 1.54) is 10.9 Å². The van der Waals surface area contributed by atoms with Crippen LogP contribution in [0.5, 0.6) is 17.2 Å². The largest absolute Gasteiger partial charge is 0.497 e. The number of nitrogens with one attached hydrogen (secondary N) is 1. The summed E-state index contributed by atoms with van der Waals surface area (Å²) in [4.78, 5) is 0. The highest BCUT2D eigenvalue weighted by Gasteiger charge is 2.21. The van der Waals surface area contributed by atoms with E-state index >= 15 is 0 Å². The number of nitrogens with zero attached hydrogens (tertiary/aromatic N) is 1. The van der Waals surface area contributed by atoms with Crippen LogP contribution in [0.1, 0.15) is 36.4 Å². The molecule has 0 radical (unpaired) electrons. The maximum absolute atomic E-state index is 5.96. The van der Waals surface area contributed by atoms with Gasteiger partial charge in [-0.2, -0.15) is 0 Å². The van der Waals surface area contributed by atoms with E-state index in [4.69, 9.17) is 18.7 Å². The third-order valence-electron chi connectivity index (χ3n) is 5.57. The molecule has 7 heteroatoms. The van der Waals surface area contributed by atoms with Crippen LogP contribution in [0.3, 0.4) is 0 Å². The first-order valence-electron chi connectivity index (χ1n) is 10.2. The summed E-state index contributed by atoms with van der Waals surface area (Å²) in [5.41, 5.74) is 3.28. The first-order valence-corrected chi connectivity index (χ1v) is 10.2. The van der Waals surface area contributed by atoms with Gasteiger partial charge in [0, 0.05) is 11.5 Å². The normalized spacial score (nSPS) is 14.3. The number of aromatic nitrogens is 1. The summed E-state index contributed by atoms with van der Waals surface area (Å²) in [7, 11) is 3.28. The summed E-state index contributed by atoms with van der Waals surface area (Å²) in [5, 5.41) is 9.00. The van der Waals surface area contributed by atoms with Gasteiger partial charge in [0.25, 0.3) is 0 Å². The van der Waals surface area contributed by atoms with Crippen molar-refractivity contribution in [3.05, 3.63) is 47.7 Å². The zero-order valence-electron chi connectivity index (χ0n) is 17.5. The molecule has 0 spiro atoms. The first-order chi connectivity index (χ1) is 14.3. The van der Waals surface area contributed by atoms with Crippen molar-refractivity contribution in [3.63, 3.8) is 0 Å². The van der Waals surface area contributed by atoms with Crippen LogP contribution in [0.4, 0.5) is 0 Å². The van der Waals surface area contributed by atoms with Crippen molar-refractivity contribution in [1.82, 2.24) is 10.5 Å². The number of piperidine rings is 1. The molecule has 30 heavy (non-hydrogen) atoms. The lowest BCUT2D eigenvalue weighted by atomic mass is 9.87. The molecule has 162 valence electrons. The second kappa shape index (κ2) is 10.5. The van der Waals surface area contributed by atoms with E-state index in [1.54, 1.807) is 14.2 Å². The maximum Gasteiger partial charge on any atom is 0.167 e. The van der Waals surface area contributed by atoms with Gasteiger partial charge in [-0.05, 0) is 68.5 Å². The summed E-state index contributed by atoms with van der Waals surface area (Å²) in [6.07, 6.45) is 3.95. The standard InChI is InChI=1S/C23H28N2O4.ClH/c1-26-17-8-9-20(27-2)22(15-17)28-14-4-6-19-23-18(16-10-12-24-13-11-16)5-3-7-21(23)29-25-19;/h3,5,7-9,15-16,24H,4,6,10-14H2,1-2H3;1H. The third kappa shape index (κ3) is 4.82. The number of hydrogen-bond donors (Lipinski definition) is 1. The molecule has 0 saturated carbocycles. The SMILES string of the molecule is COc1ccc(OC)c(OCCCc2noc3cccc(C4CCNCC4)c23)c1.Cl. The van der Waals surface area contributed by atoms with E-state index in [1.807, 2.05) is 24.3 Å². The molecular weight excluding hydrogens is 404 g/mol. The van der Waals surface area contributed by atoms with E-state index < -0.39 is 0 Å². The van der Waals surface area contributed by atoms with Crippen molar-refractivity contribution < 1.29 is 18.7 Å². The van der Waals surface area contributed by atoms with E-state index in [-0.39, 0.29) is 12.4 Å². The molecule has 0 unspecified atom stereocenters. The average molecular weight is 433 g/mol. The Kier molecular flexibility index (Phi) is 7.82. The molecule has 1 fully saturated rings. The van der Waals surface area contributed by atoms with E-state index in [0.717, 1.165) is 55.8 Å². The Morgan fingerprint density at radius 2 is 1.90 bits per heavy atom. The number of halogens is 1. The second-order valence-electron chi connectivity index (χ2n) is 7.34. The molecule has 2 heterocycles. The summed E-state index contributed by atoms with van der Waals surface area (Å²) in [6, 6.07) is 11.9. The Bertz CT molecular complexity index is 954. The van der Waals surface area contributed by atoms with Gasteiger partial charge in [-0.1, -0.05) is 17.3 Å². The summed E-state index contributed by atoms with van der Waals surface area (Å²) in [6.45, 7) is 2.70. The predicted molar refractivity (Wildman–Crippen MR) is 119 cm³/mol. The van der Waals surface area contributed by atoms with Crippen LogP contribution in [-0.2, 0) is 6.42 Å². The molecule has 0 amide bonds. The highest BCUT2D eigenvalue weighted by molar-refractivity contribution is 5.85. The van der Waals surface area contributed by atoms with Crippen LogP contribution >= 0.6 is 12.4 Å². The third-order valence-corrected chi connectivity index (χ3v) is 5.57. The topological polar surface area (TPSA) is 65.8 Å². The number of ether oxygens (including phenoxy) is 3. The van der Waals surface area contributed by atoms with E-state index in [0.29, 0.717) is 24.0 Å². The Morgan fingerprint density at radius 3 is 2.67 bits per heavy atom. The van der Waals surface area contributed by atoms with Crippen LogP contribution in [0, 0.1) is 0 Å². The Hall–Kier alpha value is -2.44. The molecule has 4 rings (SSSR count). The monoisotopic (exact) mass is 432 g/mol. The number of rotatable bonds is 8. The minimum atomic E-state index is 0. The molecule has 1 saturated heterocycles. The molecule has 1 aromatic heterocycles. The molecule has 0 atom stereocenters. The van der Waals surface area contributed by atoms with Gasteiger partial charge >= 0.3 is 0 Å². The lowest BCUT2D eigenvalue weighted by Crippen LogP contribution is -2.26. The van der Waals surface area contributed by atoms with Gasteiger partial charge in [0.05, 0.1) is 26.5 Å². The van der Waals surface area contributed by atoms with Crippen molar-refractivity contribution in [2.24, 2.45) is 0 Å². The quantitative estimate of drug-likeness (QED) is 0.518. The average Bonchev–Trinajstić information content (AvgIpc) is 3.20. The van der Waals surface area contributed by atoms with Crippen molar-refractivity contribution >= 4 is 23.4 Å². The van der Waals surface area contributed by atoms with Crippen LogP contribution in [0.15, 0.2) is 40.9 Å². The fraction of sp³-hybridized carbons (Fsp3) is 0.435.